The van der Waals surface area contributed by atoms with Gasteiger partial charge < -0.3 is 9.64 Å². The van der Waals surface area contributed by atoms with Crippen molar-refractivity contribution < 1.29 is 13.9 Å². The van der Waals surface area contributed by atoms with Crippen LogP contribution in [0, 0.1) is 17.3 Å². The predicted octanol–water partition coefficient (Wildman–Crippen LogP) is 0.585. The van der Waals surface area contributed by atoms with Crippen molar-refractivity contribution in [2.45, 2.75) is 6.10 Å². The van der Waals surface area contributed by atoms with Crippen molar-refractivity contribution in [1.29, 1.82) is 5.26 Å². The van der Waals surface area contributed by atoms with Gasteiger partial charge in [-0.3, -0.25) is 4.79 Å². The standard InChI is InChI=1S/C11H10FN3O2/c12-10-2-1-8(6-14-10)11(16)15-3-4-17-9(5-13)7-15/h1-2,6,9H,3-4,7H2. The van der Waals surface area contributed by atoms with Crippen LogP contribution in [-0.2, 0) is 4.74 Å². The SMILES string of the molecule is N#CC1CN(C(=O)c2ccc(F)nc2)CCO1. The summed E-state index contributed by atoms with van der Waals surface area (Å²) in [6, 6.07) is 4.47. The Balaban J connectivity index is 2.09. The second kappa shape index (κ2) is 4.89. The van der Waals surface area contributed by atoms with Gasteiger partial charge in [0.2, 0.25) is 5.95 Å². The number of amides is 1. The number of ether oxygens (including phenoxy) is 1. The largest absolute Gasteiger partial charge is 0.360 e. The summed E-state index contributed by atoms with van der Waals surface area (Å²) in [7, 11) is 0. The molecule has 88 valence electrons. The molecule has 2 rings (SSSR count). The molecule has 0 saturated carbocycles. The fraction of sp³-hybridized carbons (Fsp3) is 0.364. The minimum Gasteiger partial charge on any atom is -0.360 e. The summed E-state index contributed by atoms with van der Waals surface area (Å²) >= 11 is 0. The van der Waals surface area contributed by atoms with Crippen molar-refractivity contribution in [3.8, 4) is 6.07 Å². The van der Waals surface area contributed by atoms with Gasteiger partial charge in [0.05, 0.1) is 24.8 Å². The molecular formula is C11H10FN3O2. The first-order chi connectivity index (χ1) is 8.20. The molecule has 1 fully saturated rings. The number of morpholine rings is 1. The van der Waals surface area contributed by atoms with E-state index in [4.69, 9.17) is 10.00 Å². The minimum absolute atomic E-state index is 0.229. The fourth-order valence-corrected chi connectivity index (χ4v) is 1.60. The number of halogens is 1. The Morgan fingerprint density at radius 3 is 3.12 bits per heavy atom. The first-order valence-corrected chi connectivity index (χ1v) is 5.13. The number of rotatable bonds is 1. The molecule has 1 saturated heterocycles. The maximum Gasteiger partial charge on any atom is 0.255 e. The Morgan fingerprint density at radius 2 is 2.47 bits per heavy atom. The van der Waals surface area contributed by atoms with Crippen LogP contribution in [-0.4, -0.2) is 41.6 Å². The molecule has 0 bridgehead atoms. The summed E-state index contributed by atoms with van der Waals surface area (Å²) in [5.74, 6) is -0.889. The maximum absolute atomic E-state index is 12.6. The van der Waals surface area contributed by atoms with E-state index in [0.717, 1.165) is 6.07 Å². The Labute approximate surface area is 97.4 Å². The van der Waals surface area contributed by atoms with E-state index in [2.05, 4.69) is 4.98 Å². The smallest absolute Gasteiger partial charge is 0.255 e. The normalized spacial score (nSPS) is 19.8. The third-order valence-corrected chi connectivity index (χ3v) is 2.47. The molecule has 1 unspecified atom stereocenters. The summed E-state index contributed by atoms with van der Waals surface area (Å²) in [6.07, 6.45) is 0.593. The van der Waals surface area contributed by atoms with Gasteiger partial charge in [-0.15, -0.1) is 0 Å². The summed E-state index contributed by atoms with van der Waals surface area (Å²) in [6.45, 7) is 0.986. The molecule has 0 radical (unpaired) electrons. The number of carbonyl (C=O) groups excluding carboxylic acids is 1. The lowest BCUT2D eigenvalue weighted by Crippen LogP contribution is -2.45. The van der Waals surface area contributed by atoms with Crippen LogP contribution in [0.1, 0.15) is 10.4 Å². The van der Waals surface area contributed by atoms with Gasteiger partial charge in [-0.05, 0) is 12.1 Å². The number of nitriles is 1. The van der Waals surface area contributed by atoms with E-state index in [1.165, 1.54) is 17.2 Å². The molecule has 17 heavy (non-hydrogen) atoms. The summed E-state index contributed by atoms with van der Waals surface area (Å²) in [5.41, 5.74) is 0.310. The maximum atomic E-state index is 12.6. The average Bonchev–Trinajstić information content (AvgIpc) is 2.39. The van der Waals surface area contributed by atoms with Crippen LogP contribution in [0.25, 0.3) is 0 Å². The Morgan fingerprint density at radius 1 is 1.65 bits per heavy atom. The van der Waals surface area contributed by atoms with Crippen molar-refractivity contribution in [3.63, 3.8) is 0 Å². The summed E-state index contributed by atoms with van der Waals surface area (Å²) in [4.78, 5) is 16.9. The third-order valence-electron chi connectivity index (χ3n) is 2.47. The van der Waals surface area contributed by atoms with Crippen LogP contribution in [0.4, 0.5) is 4.39 Å². The van der Waals surface area contributed by atoms with Gasteiger partial charge in [-0.1, -0.05) is 0 Å². The van der Waals surface area contributed by atoms with Gasteiger partial charge >= 0.3 is 0 Å². The Hall–Kier alpha value is -2.00. The molecule has 0 N–H and O–H groups in total. The minimum atomic E-state index is -0.626. The van der Waals surface area contributed by atoms with E-state index in [-0.39, 0.29) is 12.5 Å². The highest BCUT2D eigenvalue weighted by molar-refractivity contribution is 5.94. The summed E-state index contributed by atoms with van der Waals surface area (Å²) in [5, 5.41) is 8.72. The van der Waals surface area contributed by atoms with Crippen LogP contribution in [0.3, 0.4) is 0 Å². The molecular weight excluding hydrogens is 225 g/mol. The quantitative estimate of drug-likeness (QED) is 0.668. The second-order valence-electron chi connectivity index (χ2n) is 3.61. The van der Waals surface area contributed by atoms with Gasteiger partial charge in [0.25, 0.3) is 5.91 Å². The highest BCUT2D eigenvalue weighted by atomic mass is 19.1. The topological polar surface area (TPSA) is 66.2 Å². The van der Waals surface area contributed by atoms with Gasteiger partial charge in [-0.2, -0.15) is 9.65 Å². The number of carbonyl (C=O) groups is 1. The molecule has 1 aliphatic rings. The zero-order valence-electron chi connectivity index (χ0n) is 8.97. The lowest BCUT2D eigenvalue weighted by atomic mass is 10.2. The Bertz CT molecular complexity index is 455. The third kappa shape index (κ3) is 2.57. The van der Waals surface area contributed by atoms with E-state index >= 15 is 0 Å². The molecule has 1 amide bonds. The highest BCUT2D eigenvalue weighted by Crippen LogP contribution is 2.10. The molecule has 0 spiro atoms. The fourth-order valence-electron chi connectivity index (χ4n) is 1.60. The van der Waals surface area contributed by atoms with E-state index in [1.54, 1.807) is 0 Å². The zero-order valence-corrected chi connectivity index (χ0v) is 8.97. The number of aromatic nitrogens is 1. The molecule has 1 aliphatic heterocycles. The highest BCUT2D eigenvalue weighted by Gasteiger charge is 2.24. The predicted molar refractivity (Wildman–Crippen MR) is 55.5 cm³/mol. The average molecular weight is 235 g/mol. The lowest BCUT2D eigenvalue weighted by Gasteiger charge is -2.29. The van der Waals surface area contributed by atoms with Crippen LogP contribution in [0.5, 0.6) is 0 Å². The van der Waals surface area contributed by atoms with Crippen LogP contribution in [0.2, 0.25) is 0 Å². The van der Waals surface area contributed by atoms with Crippen molar-refractivity contribution in [3.05, 3.63) is 29.8 Å². The van der Waals surface area contributed by atoms with Crippen molar-refractivity contribution >= 4 is 5.91 Å². The molecule has 6 heteroatoms. The number of pyridine rings is 1. The van der Waals surface area contributed by atoms with E-state index < -0.39 is 12.1 Å². The van der Waals surface area contributed by atoms with E-state index in [0.29, 0.717) is 18.7 Å². The molecule has 1 atom stereocenters. The lowest BCUT2D eigenvalue weighted by molar-refractivity contribution is 0.00344. The monoisotopic (exact) mass is 235 g/mol. The van der Waals surface area contributed by atoms with Gasteiger partial charge in [0.15, 0.2) is 6.10 Å². The number of nitrogens with zero attached hydrogens (tertiary/aromatic N) is 3. The molecule has 2 heterocycles. The van der Waals surface area contributed by atoms with Gasteiger partial charge in [0, 0.05) is 12.7 Å². The van der Waals surface area contributed by atoms with Crippen LogP contribution in [0.15, 0.2) is 18.3 Å². The molecule has 1 aromatic heterocycles. The molecule has 0 aromatic carbocycles. The van der Waals surface area contributed by atoms with Crippen molar-refractivity contribution in [2.75, 3.05) is 19.7 Å². The molecule has 5 nitrogen and oxygen atoms in total. The van der Waals surface area contributed by atoms with Gasteiger partial charge in [0.1, 0.15) is 0 Å². The first kappa shape index (κ1) is 11.5. The Kier molecular flexibility index (Phi) is 3.30. The van der Waals surface area contributed by atoms with Crippen LogP contribution < -0.4 is 0 Å². The number of hydrogen-bond acceptors (Lipinski definition) is 4. The second-order valence-corrected chi connectivity index (χ2v) is 3.61. The van der Waals surface area contributed by atoms with Gasteiger partial charge in [-0.25, -0.2) is 4.98 Å². The zero-order chi connectivity index (χ0) is 12.3. The number of hydrogen-bond donors (Lipinski definition) is 0. The van der Waals surface area contributed by atoms with E-state index in [9.17, 15) is 9.18 Å². The molecule has 0 aliphatic carbocycles. The van der Waals surface area contributed by atoms with Crippen molar-refractivity contribution in [2.24, 2.45) is 0 Å². The summed E-state index contributed by atoms with van der Waals surface area (Å²) < 4.78 is 17.7. The van der Waals surface area contributed by atoms with Crippen LogP contribution >= 0.6 is 0 Å². The van der Waals surface area contributed by atoms with E-state index in [1.807, 2.05) is 6.07 Å². The first-order valence-electron chi connectivity index (χ1n) is 5.13. The molecule has 1 aromatic rings. The van der Waals surface area contributed by atoms with Crippen molar-refractivity contribution in [1.82, 2.24) is 9.88 Å².